The van der Waals surface area contributed by atoms with Gasteiger partial charge in [0.05, 0.1) is 22.3 Å². The number of fused-ring (bicyclic) bond motifs is 7. The Morgan fingerprint density at radius 2 is 0.800 bits per heavy atom. The third-order valence-electron chi connectivity index (χ3n) is 10.1. The molecule has 2 aliphatic carbocycles. The first-order valence-electron chi connectivity index (χ1n) is 17.1. The van der Waals surface area contributed by atoms with Crippen LogP contribution >= 0.6 is 7.82 Å². The van der Waals surface area contributed by atoms with Gasteiger partial charge in [-0.25, -0.2) is 4.57 Å². The minimum atomic E-state index is -5.29. The van der Waals surface area contributed by atoms with E-state index in [0.29, 0.717) is 97.9 Å². The quantitative estimate of drug-likeness (QED) is 0.165. The van der Waals surface area contributed by atoms with Crippen molar-refractivity contribution in [3.05, 3.63) is 115 Å². The molecule has 3 aliphatic rings. The molecule has 4 aromatic rings. The van der Waals surface area contributed by atoms with Gasteiger partial charge in [-0.2, -0.15) is 52.7 Å². The summed E-state index contributed by atoms with van der Waals surface area (Å²) in [6.45, 7) is 0. The third-order valence-corrected chi connectivity index (χ3v) is 10.9. The topological polar surface area (TPSA) is 55.8 Å². The largest absolute Gasteiger partial charge is 0.584 e. The summed E-state index contributed by atoms with van der Waals surface area (Å²) in [5.41, 5.74) is -4.22. The molecule has 0 unspecified atom stereocenters. The lowest BCUT2D eigenvalue weighted by Crippen LogP contribution is -2.13. The van der Waals surface area contributed by atoms with Crippen molar-refractivity contribution < 1.29 is 71.2 Å². The molecule has 1 aliphatic heterocycles. The summed E-state index contributed by atoms with van der Waals surface area (Å²) >= 11 is 0. The molecule has 1 N–H and O–H groups in total. The summed E-state index contributed by atoms with van der Waals surface area (Å²) in [5.74, 6) is -0.640. The molecule has 0 bridgehead atoms. The van der Waals surface area contributed by atoms with Crippen LogP contribution in [-0.2, 0) is 67.8 Å². The maximum atomic E-state index is 13.8. The van der Waals surface area contributed by atoms with E-state index in [1.807, 2.05) is 0 Å². The van der Waals surface area contributed by atoms with Gasteiger partial charge in [-0.05, 0) is 121 Å². The fraction of sp³-hybridized carbons (Fsp3) is 0.368. The van der Waals surface area contributed by atoms with Crippen LogP contribution in [0.4, 0.5) is 52.7 Å². The molecular weight excluding hydrogens is 779 g/mol. The zero-order valence-electron chi connectivity index (χ0n) is 28.3. The fourth-order valence-electron chi connectivity index (χ4n) is 7.83. The van der Waals surface area contributed by atoms with Crippen LogP contribution in [-0.4, -0.2) is 4.89 Å². The normalized spacial score (nSPS) is 16.9. The van der Waals surface area contributed by atoms with Gasteiger partial charge in [0.25, 0.3) is 0 Å². The molecule has 0 radical (unpaired) electrons. The van der Waals surface area contributed by atoms with Crippen molar-refractivity contribution in [2.24, 2.45) is 0 Å². The lowest BCUT2D eigenvalue weighted by molar-refractivity contribution is -0.144. The number of aryl methyl sites for hydroxylation is 2. The molecule has 17 heteroatoms. The van der Waals surface area contributed by atoms with Gasteiger partial charge in [0, 0.05) is 35.1 Å². The van der Waals surface area contributed by atoms with Gasteiger partial charge in [0.1, 0.15) is 11.5 Å². The Kier molecular flexibility index (Phi) is 9.59. The van der Waals surface area contributed by atoms with Gasteiger partial charge in [0.15, 0.2) is 0 Å². The number of rotatable bonds is 4. The van der Waals surface area contributed by atoms with Crippen LogP contribution in [0.3, 0.4) is 0 Å². The number of benzene rings is 4. The molecule has 0 aromatic heterocycles. The molecule has 55 heavy (non-hydrogen) atoms. The molecule has 0 saturated heterocycles. The number of halogens is 12. The average Bonchev–Trinajstić information content (AvgIpc) is 3.20. The summed E-state index contributed by atoms with van der Waals surface area (Å²) < 4.78 is 191. The van der Waals surface area contributed by atoms with E-state index >= 15 is 0 Å². The molecule has 0 fully saturated rings. The predicted molar refractivity (Wildman–Crippen MR) is 175 cm³/mol. The van der Waals surface area contributed by atoms with Crippen LogP contribution in [0.2, 0.25) is 0 Å². The Labute approximate surface area is 305 Å². The Morgan fingerprint density at radius 3 is 1.11 bits per heavy atom. The highest BCUT2D eigenvalue weighted by Gasteiger charge is 2.42. The highest BCUT2D eigenvalue weighted by molar-refractivity contribution is 7.48. The van der Waals surface area contributed by atoms with Gasteiger partial charge in [-0.1, -0.05) is 12.1 Å². The highest BCUT2D eigenvalue weighted by atomic mass is 31.2. The van der Waals surface area contributed by atoms with Crippen molar-refractivity contribution in [1.29, 1.82) is 0 Å². The molecule has 0 amide bonds. The van der Waals surface area contributed by atoms with Crippen molar-refractivity contribution >= 4 is 7.82 Å². The van der Waals surface area contributed by atoms with Crippen molar-refractivity contribution in [2.45, 2.75) is 88.9 Å². The molecule has 4 aromatic carbocycles. The number of hydrogen-bond acceptors (Lipinski definition) is 3. The number of phosphoric acid groups is 1. The number of alkyl halides is 12. The van der Waals surface area contributed by atoms with E-state index in [1.54, 1.807) is 0 Å². The summed E-state index contributed by atoms with van der Waals surface area (Å²) in [7, 11) is -5.29. The van der Waals surface area contributed by atoms with E-state index in [9.17, 15) is 62.1 Å². The zero-order valence-corrected chi connectivity index (χ0v) is 29.2. The smallest absolute Gasteiger partial charge is 0.394 e. The van der Waals surface area contributed by atoms with Crippen LogP contribution in [0.15, 0.2) is 48.5 Å². The Morgan fingerprint density at radius 1 is 0.491 bits per heavy atom. The molecular formula is C38H29F12O4P. The molecule has 0 atom stereocenters. The number of hydrogen-bond donors (Lipinski definition) is 1. The lowest BCUT2D eigenvalue weighted by Gasteiger charge is -2.28. The van der Waals surface area contributed by atoms with Crippen LogP contribution in [0.5, 0.6) is 11.5 Å². The Hall–Kier alpha value is -4.17. The van der Waals surface area contributed by atoms with Crippen LogP contribution in [0.25, 0.3) is 11.1 Å². The zero-order chi connectivity index (χ0) is 39.9. The van der Waals surface area contributed by atoms with Gasteiger partial charge in [-0.3, -0.25) is 4.89 Å². The lowest BCUT2D eigenvalue weighted by atomic mass is 9.77. The Balaban J connectivity index is 1.49. The first-order valence-corrected chi connectivity index (χ1v) is 18.6. The third kappa shape index (κ3) is 7.94. The molecule has 0 saturated carbocycles. The first-order chi connectivity index (χ1) is 25.5. The highest BCUT2D eigenvalue weighted by Crippen LogP contribution is 2.60. The van der Waals surface area contributed by atoms with E-state index in [2.05, 4.69) is 0 Å². The van der Waals surface area contributed by atoms with Crippen molar-refractivity contribution in [2.75, 3.05) is 0 Å². The second kappa shape index (κ2) is 13.5. The maximum absolute atomic E-state index is 13.8. The monoisotopic (exact) mass is 808 g/mol. The van der Waals surface area contributed by atoms with E-state index < -0.39 is 78.8 Å². The first kappa shape index (κ1) is 39.1. The van der Waals surface area contributed by atoms with E-state index in [-0.39, 0.29) is 45.9 Å². The van der Waals surface area contributed by atoms with Crippen LogP contribution in [0, 0.1) is 0 Å². The van der Waals surface area contributed by atoms with Gasteiger partial charge in [-0.15, -0.1) is 0 Å². The van der Waals surface area contributed by atoms with Gasteiger partial charge >= 0.3 is 32.5 Å². The summed E-state index contributed by atoms with van der Waals surface area (Å²) in [6, 6.07) is 5.18. The Bertz CT molecular complexity index is 2020. The summed E-state index contributed by atoms with van der Waals surface area (Å²) in [4.78, 5) is 11.2. The van der Waals surface area contributed by atoms with Gasteiger partial charge < -0.3 is 9.05 Å². The van der Waals surface area contributed by atoms with Crippen LogP contribution < -0.4 is 9.05 Å². The standard InChI is InChI=1S/C38H29F12O4P/c39-35(40,41)25-11-19(12-26(17-25)36(42,43)44)9-23-15-21-5-1-3-7-29(21)31-32-30-8-4-2-6-22(30)16-24(34(32)54-55(51,52)53-33(23)31)10-20-13-27(37(45,46)47)18-28(14-20)38(48,49)50/h11-18H,1-10H2,(H,51,52). The minimum Gasteiger partial charge on any atom is -0.394 e. The van der Waals surface area contributed by atoms with E-state index in [4.69, 9.17) is 9.05 Å². The molecule has 0 spiro atoms. The molecule has 1 heterocycles. The second-order valence-electron chi connectivity index (χ2n) is 14.0. The van der Waals surface area contributed by atoms with Crippen molar-refractivity contribution in [1.82, 2.24) is 0 Å². The fourth-order valence-corrected chi connectivity index (χ4v) is 8.74. The molecule has 4 nitrogen and oxygen atoms in total. The van der Waals surface area contributed by atoms with Crippen molar-refractivity contribution in [3.8, 4) is 22.6 Å². The summed E-state index contributed by atoms with van der Waals surface area (Å²) in [6.07, 6.45) is -17.7. The molecule has 7 rings (SSSR count). The van der Waals surface area contributed by atoms with Crippen LogP contribution in [0.1, 0.15) is 92.4 Å². The summed E-state index contributed by atoms with van der Waals surface area (Å²) in [5, 5.41) is 0. The average molecular weight is 809 g/mol. The predicted octanol–water partition coefficient (Wildman–Crippen LogP) is 12.2. The van der Waals surface area contributed by atoms with E-state index in [1.165, 1.54) is 12.1 Å². The number of phosphoric ester groups is 1. The van der Waals surface area contributed by atoms with Gasteiger partial charge in [0.2, 0.25) is 0 Å². The van der Waals surface area contributed by atoms with E-state index in [0.717, 1.165) is 0 Å². The maximum Gasteiger partial charge on any atom is 0.584 e. The SMILES string of the molecule is O=P1(O)Oc2c(Cc3cc(C(F)(F)F)cc(C(F)(F)F)c3)cc3c(c2-c2c4c(cc(Cc5cc(C(F)(F)F)cc(C(F)(F)F)c5)c2O1)CCCC4)CCCC3. The second-order valence-corrected chi connectivity index (χ2v) is 15.3. The minimum absolute atomic E-state index is 0.0171. The molecule has 294 valence electrons. The van der Waals surface area contributed by atoms with Crippen molar-refractivity contribution in [3.63, 3.8) is 0 Å².